The molecule has 0 radical (unpaired) electrons. The zero-order valence-corrected chi connectivity index (χ0v) is 10.5. The number of para-hydroxylation sites is 1. The Morgan fingerprint density at radius 1 is 1.35 bits per heavy atom. The third-order valence-corrected chi connectivity index (χ3v) is 3.58. The number of hydrogen-bond donors (Lipinski definition) is 1. The molecule has 1 N–H and O–H groups in total. The van der Waals surface area contributed by atoms with Crippen LogP contribution in [0.5, 0.6) is 5.75 Å². The van der Waals surface area contributed by atoms with Crippen molar-refractivity contribution >= 4 is 23.3 Å². The number of H-pyrrole nitrogens is 1. The number of rotatable bonds is 2. The molecule has 1 heterocycles. The summed E-state index contributed by atoms with van der Waals surface area (Å²) in [5, 5.41) is 0. The summed E-state index contributed by atoms with van der Waals surface area (Å²) < 4.78 is 8.33. The van der Waals surface area contributed by atoms with E-state index >= 15 is 0 Å². The van der Waals surface area contributed by atoms with E-state index in [9.17, 15) is 0 Å². The molecule has 0 amide bonds. The predicted molar refractivity (Wildman–Crippen MR) is 71.1 cm³/mol. The largest absolute Gasteiger partial charge is 0.494 e. The van der Waals surface area contributed by atoms with Gasteiger partial charge in [-0.15, -0.1) is 0 Å². The normalized spacial score (nSPS) is 15.8. The summed E-state index contributed by atoms with van der Waals surface area (Å²) in [5.41, 5.74) is 2.12. The first-order chi connectivity index (χ1) is 8.31. The number of nitrogens with one attached hydrogen (secondary N) is 1. The van der Waals surface area contributed by atoms with E-state index < -0.39 is 0 Å². The second-order valence-electron chi connectivity index (χ2n) is 4.25. The van der Waals surface area contributed by atoms with Gasteiger partial charge in [0.2, 0.25) is 0 Å². The lowest BCUT2D eigenvalue weighted by Crippen LogP contribution is -2.04. The smallest absolute Gasteiger partial charge is 0.178 e. The van der Waals surface area contributed by atoms with Gasteiger partial charge in [0.1, 0.15) is 11.3 Å². The molecule has 0 unspecified atom stereocenters. The maximum Gasteiger partial charge on any atom is 0.178 e. The number of hydrogen-bond acceptors (Lipinski definition) is 2. The maximum absolute atomic E-state index is 5.42. The van der Waals surface area contributed by atoms with Crippen LogP contribution in [0.1, 0.15) is 18.9 Å². The maximum atomic E-state index is 5.42. The van der Waals surface area contributed by atoms with E-state index in [0.717, 1.165) is 34.4 Å². The summed E-state index contributed by atoms with van der Waals surface area (Å²) in [5.74, 6) is 0.846. The minimum absolute atomic E-state index is 0.448. The third-order valence-electron chi connectivity index (χ3n) is 3.28. The molecule has 0 atom stereocenters. The Morgan fingerprint density at radius 2 is 2.12 bits per heavy atom. The van der Waals surface area contributed by atoms with Crippen LogP contribution in [0.15, 0.2) is 30.4 Å². The molecule has 88 valence electrons. The molecule has 1 aromatic carbocycles. The zero-order valence-electron chi connectivity index (χ0n) is 9.64. The van der Waals surface area contributed by atoms with Gasteiger partial charge >= 0.3 is 0 Å². The Balaban J connectivity index is 2.24. The molecule has 0 bridgehead atoms. The average molecular weight is 246 g/mol. The number of aromatic amines is 1. The number of methoxy groups -OCH3 is 1. The van der Waals surface area contributed by atoms with E-state index in [2.05, 4.69) is 27.8 Å². The number of benzene rings is 1. The van der Waals surface area contributed by atoms with Crippen LogP contribution in [0.25, 0.3) is 11.0 Å². The van der Waals surface area contributed by atoms with Gasteiger partial charge in [-0.05, 0) is 37.2 Å². The van der Waals surface area contributed by atoms with Crippen LogP contribution < -0.4 is 4.74 Å². The lowest BCUT2D eigenvalue weighted by molar-refractivity contribution is 0.419. The summed E-state index contributed by atoms with van der Waals surface area (Å²) in [6, 6.07) is 6.49. The lowest BCUT2D eigenvalue weighted by Gasteiger charge is -2.12. The highest BCUT2D eigenvalue weighted by atomic mass is 32.1. The molecule has 1 aliphatic carbocycles. The van der Waals surface area contributed by atoms with Crippen LogP contribution in [0.2, 0.25) is 0 Å². The second kappa shape index (κ2) is 4.04. The SMILES string of the molecule is COc1cccc2c1[nH]c(=S)n2C1CC=CC1. The van der Waals surface area contributed by atoms with Crippen molar-refractivity contribution < 1.29 is 4.74 Å². The molecule has 1 aromatic heterocycles. The Kier molecular flexibility index (Phi) is 2.52. The van der Waals surface area contributed by atoms with E-state index in [-0.39, 0.29) is 0 Å². The fourth-order valence-corrected chi connectivity index (χ4v) is 2.82. The number of fused-ring (bicyclic) bond motifs is 1. The quantitative estimate of drug-likeness (QED) is 0.648. The zero-order chi connectivity index (χ0) is 11.8. The first kappa shape index (κ1) is 10.6. The minimum Gasteiger partial charge on any atom is -0.494 e. The van der Waals surface area contributed by atoms with Crippen LogP contribution in [-0.2, 0) is 0 Å². The van der Waals surface area contributed by atoms with Crippen molar-refractivity contribution in [2.75, 3.05) is 7.11 Å². The van der Waals surface area contributed by atoms with Crippen molar-refractivity contribution in [1.82, 2.24) is 9.55 Å². The van der Waals surface area contributed by atoms with Crippen molar-refractivity contribution in [3.05, 3.63) is 35.1 Å². The topological polar surface area (TPSA) is 29.9 Å². The van der Waals surface area contributed by atoms with Crippen LogP contribution in [0.4, 0.5) is 0 Å². The number of aromatic nitrogens is 2. The highest BCUT2D eigenvalue weighted by molar-refractivity contribution is 7.71. The molecule has 0 spiro atoms. The van der Waals surface area contributed by atoms with Gasteiger partial charge in [-0.1, -0.05) is 18.2 Å². The number of nitrogens with zero attached hydrogens (tertiary/aromatic N) is 1. The third kappa shape index (κ3) is 1.60. The highest BCUT2D eigenvalue weighted by Crippen LogP contribution is 2.31. The molecular weight excluding hydrogens is 232 g/mol. The molecule has 1 aliphatic rings. The molecule has 2 aromatic rings. The van der Waals surface area contributed by atoms with E-state index in [1.165, 1.54) is 0 Å². The lowest BCUT2D eigenvalue weighted by atomic mass is 10.2. The summed E-state index contributed by atoms with van der Waals surface area (Å²) in [6.07, 6.45) is 6.54. The van der Waals surface area contributed by atoms with Crippen molar-refractivity contribution in [2.45, 2.75) is 18.9 Å². The first-order valence-electron chi connectivity index (χ1n) is 5.73. The van der Waals surface area contributed by atoms with Gasteiger partial charge in [-0.3, -0.25) is 0 Å². The van der Waals surface area contributed by atoms with Gasteiger partial charge in [-0.25, -0.2) is 0 Å². The van der Waals surface area contributed by atoms with Gasteiger partial charge in [0.15, 0.2) is 4.77 Å². The fraction of sp³-hybridized carbons (Fsp3) is 0.308. The summed E-state index contributed by atoms with van der Waals surface area (Å²) in [6.45, 7) is 0. The van der Waals surface area contributed by atoms with Gasteiger partial charge in [0, 0.05) is 6.04 Å². The molecule has 0 saturated heterocycles. The van der Waals surface area contributed by atoms with E-state index in [1.807, 2.05) is 12.1 Å². The van der Waals surface area contributed by atoms with Gasteiger partial charge in [0.05, 0.1) is 12.6 Å². The fourth-order valence-electron chi connectivity index (χ4n) is 2.47. The Morgan fingerprint density at radius 3 is 2.82 bits per heavy atom. The molecule has 0 fully saturated rings. The van der Waals surface area contributed by atoms with E-state index in [4.69, 9.17) is 17.0 Å². The molecule has 0 aliphatic heterocycles. The average Bonchev–Trinajstić information content (AvgIpc) is 2.93. The summed E-state index contributed by atoms with van der Waals surface area (Å²) >= 11 is 5.42. The summed E-state index contributed by atoms with van der Waals surface area (Å²) in [7, 11) is 1.68. The van der Waals surface area contributed by atoms with Gasteiger partial charge in [0.25, 0.3) is 0 Å². The van der Waals surface area contributed by atoms with Crippen molar-refractivity contribution in [2.24, 2.45) is 0 Å². The van der Waals surface area contributed by atoms with Crippen molar-refractivity contribution in [3.63, 3.8) is 0 Å². The number of allylic oxidation sites excluding steroid dienone is 2. The van der Waals surface area contributed by atoms with Crippen LogP contribution in [-0.4, -0.2) is 16.7 Å². The van der Waals surface area contributed by atoms with Gasteiger partial charge < -0.3 is 14.3 Å². The number of ether oxygens (including phenoxy) is 1. The monoisotopic (exact) mass is 246 g/mol. The Hall–Kier alpha value is -1.55. The van der Waals surface area contributed by atoms with E-state index in [1.54, 1.807) is 7.11 Å². The van der Waals surface area contributed by atoms with Crippen LogP contribution in [0.3, 0.4) is 0 Å². The Bertz CT molecular complexity index is 630. The molecule has 3 rings (SSSR count). The molecular formula is C13H14N2OS. The predicted octanol–water partition coefficient (Wildman–Crippen LogP) is 3.60. The van der Waals surface area contributed by atoms with Crippen LogP contribution in [0, 0.1) is 4.77 Å². The highest BCUT2D eigenvalue weighted by Gasteiger charge is 2.17. The first-order valence-corrected chi connectivity index (χ1v) is 6.14. The van der Waals surface area contributed by atoms with E-state index in [0.29, 0.717) is 6.04 Å². The molecule has 4 heteroatoms. The molecule has 3 nitrogen and oxygen atoms in total. The van der Waals surface area contributed by atoms with Gasteiger partial charge in [-0.2, -0.15) is 0 Å². The summed E-state index contributed by atoms with van der Waals surface area (Å²) in [4.78, 5) is 3.25. The second-order valence-corrected chi connectivity index (χ2v) is 4.64. The number of imidazole rings is 1. The Labute approximate surface area is 105 Å². The minimum atomic E-state index is 0.448. The van der Waals surface area contributed by atoms with Crippen molar-refractivity contribution in [3.8, 4) is 5.75 Å². The van der Waals surface area contributed by atoms with Crippen LogP contribution >= 0.6 is 12.2 Å². The molecule has 17 heavy (non-hydrogen) atoms. The molecule has 0 saturated carbocycles. The standard InChI is InChI=1S/C13H14N2OS/c1-16-11-8-4-7-10-12(11)14-13(17)15(10)9-5-2-3-6-9/h2-4,7-9H,5-6H2,1H3,(H,14,17). The van der Waals surface area contributed by atoms with Crippen molar-refractivity contribution in [1.29, 1.82) is 0 Å².